The smallest absolute Gasteiger partial charge is 0.335 e. The van der Waals surface area contributed by atoms with E-state index in [9.17, 15) is 14.4 Å². The van der Waals surface area contributed by atoms with E-state index in [1.54, 1.807) is 0 Å². The van der Waals surface area contributed by atoms with Crippen molar-refractivity contribution in [3.05, 3.63) is 34.4 Å². The van der Waals surface area contributed by atoms with Crippen LogP contribution in [0.5, 0.6) is 0 Å². The van der Waals surface area contributed by atoms with Crippen molar-refractivity contribution in [2.75, 3.05) is 7.11 Å². The van der Waals surface area contributed by atoms with Crippen molar-refractivity contribution >= 4 is 17.9 Å². The van der Waals surface area contributed by atoms with E-state index < -0.39 is 22.2 Å². The molecular formula is C34H46O6. The highest BCUT2D eigenvalue weighted by atomic mass is 16.6. The zero-order chi connectivity index (χ0) is 28.8. The highest BCUT2D eigenvalue weighted by Gasteiger charge is 2.82. The first-order chi connectivity index (χ1) is 18.9. The topological polar surface area (TPSA) is 78.9 Å². The van der Waals surface area contributed by atoms with Crippen molar-refractivity contribution < 1.29 is 28.6 Å². The molecule has 0 aromatic carbocycles. The van der Waals surface area contributed by atoms with E-state index in [2.05, 4.69) is 46.8 Å². The Hall–Kier alpha value is -2.37. The fourth-order valence-electron chi connectivity index (χ4n) is 10.7. The molecule has 6 aliphatic rings. The minimum atomic E-state index is -0.672. The first kappa shape index (κ1) is 27.8. The third kappa shape index (κ3) is 3.25. The molecule has 0 radical (unpaired) electrons. The Morgan fingerprint density at radius 1 is 1.10 bits per heavy atom. The molecule has 218 valence electrons. The molecule has 5 aliphatic carbocycles. The van der Waals surface area contributed by atoms with Crippen LogP contribution in [0, 0.1) is 39.4 Å². The predicted octanol–water partition coefficient (Wildman–Crippen LogP) is 6.64. The van der Waals surface area contributed by atoms with Crippen LogP contribution in [0.4, 0.5) is 0 Å². The maximum absolute atomic E-state index is 13.9. The molecule has 0 amide bonds. The minimum Gasteiger partial charge on any atom is -0.466 e. The molecule has 1 aliphatic heterocycles. The van der Waals surface area contributed by atoms with Crippen molar-refractivity contribution in [2.24, 2.45) is 39.4 Å². The first-order valence-corrected chi connectivity index (χ1v) is 15.5. The van der Waals surface area contributed by atoms with Crippen molar-refractivity contribution in [2.45, 2.75) is 112 Å². The van der Waals surface area contributed by atoms with Crippen LogP contribution >= 0.6 is 0 Å². The van der Waals surface area contributed by atoms with Gasteiger partial charge in [0.15, 0.2) is 0 Å². The number of methoxy groups -OCH3 is 1. The summed E-state index contributed by atoms with van der Waals surface area (Å²) in [6.07, 6.45) is 12.3. The SMILES string of the molecule is COC(=O)C1=C2C(=O)O[C@H]3C[C@@]4(C)C(=CC[C@@H]4[C@H](C)CCCC(C)C)C4=CC[C@]15C[C@@H](OC(C)=O)CC[C@]5(C)[C@@]423. The van der Waals surface area contributed by atoms with Gasteiger partial charge in [0.1, 0.15) is 12.2 Å². The predicted molar refractivity (Wildman–Crippen MR) is 151 cm³/mol. The summed E-state index contributed by atoms with van der Waals surface area (Å²) in [5, 5.41) is 0. The van der Waals surface area contributed by atoms with Gasteiger partial charge in [0.25, 0.3) is 0 Å². The maximum Gasteiger partial charge on any atom is 0.335 e. The monoisotopic (exact) mass is 550 g/mol. The number of hydrogen-bond acceptors (Lipinski definition) is 6. The quantitative estimate of drug-likeness (QED) is 0.261. The van der Waals surface area contributed by atoms with Gasteiger partial charge in [-0.1, -0.05) is 66.0 Å². The summed E-state index contributed by atoms with van der Waals surface area (Å²) in [6.45, 7) is 13.1. The third-order valence-corrected chi connectivity index (χ3v) is 12.4. The maximum atomic E-state index is 13.9. The lowest BCUT2D eigenvalue weighted by Gasteiger charge is -2.64. The summed E-state index contributed by atoms with van der Waals surface area (Å²) in [5.74, 6) is 0.679. The Labute approximate surface area is 239 Å². The molecular weight excluding hydrogens is 504 g/mol. The van der Waals surface area contributed by atoms with Gasteiger partial charge in [-0.25, -0.2) is 9.59 Å². The van der Waals surface area contributed by atoms with Gasteiger partial charge < -0.3 is 14.2 Å². The molecule has 3 fully saturated rings. The van der Waals surface area contributed by atoms with E-state index in [0.717, 1.165) is 19.3 Å². The number of esters is 3. The van der Waals surface area contributed by atoms with Crippen LogP contribution in [0.2, 0.25) is 0 Å². The van der Waals surface area contributed by atoms with E-state index >= 15 is 0 Å². The first-order valence-electron chi connectivity index (χ1n) is 15.5. The van der Waals surface area contributed by atoms with Crippen LogP contribution in [0.15, 0.2) is 34.4 Å². The number of rotatable bonds is 7. The van der Waals surface area contributed by atoms with Gasteiger partial charge in [-0.05, 0) is 78.3 Å². The molecule has 1 heterocycles. The fraction of sp³-hybridized carbons (Fsp3) is 0.735. The van der Waals surface area contributed by atoms with Gasteiger partial charge in [0.2, 0.25) is 0 Å². The average Bonchev–Trinajstić information content (AvgIpc) is 3.39. The second kappa shape index (κ2) is 9.06. The van der Waals surface area contributed by atoms with E-state index in [0.29, 0.717) is 48.2 Å². The van der Waals surface area contributed by atoms with Crippen LogP contribution in [0.3, 0.4) is 0 Å². The number of ether oxygens (including phenoxy) is 3. The molecule has 6 heteroatoms. The molecule has 2 bridgehead atoms. The van der Waals surface area contributed by atoms with Crippen molar-refractivity contribution in [1.29, 1.82) is 0 Å². The van der Waals surface area contributed by atoms with Crippen molar-refractivity contribution in [3.63, 3.8) is 0 Å². The molecule has 0 unspecified atom stereocenters. The van der Waals surface area contributed by atoms with E-state index in [-0.39, 0.29) is 29.6 Å². The van der Waals surface area contributed by atoms with Crippen LogP contribution in [-0.2, 0) is 28.6 Å². The molecule has 0 aromatic rings. The Morgan fingerprint density at radius 2 is 1.85 bits per heavy atom. The van der Waals surface area contributed by atoms with Crippen LogP contribution in [0.1, 0.15) is 99.3 Å². The molecule has 40 heavy (non-hydrogen) atoms. The number of fused-ring (bicyclic) bond motifs is 2. The number of carbonyl (C=O) groups excluding carboxylic acids is 3. The van der Waals surface area contributed by atoms with Gasteiger partial charge >= 0.3 is 17.9 Å². The molecule has 0 aromatic heterocycles. The normalized spacial score (nSPS) is 41.5. The van der Waals surface area contributed by atoms with Gasteiger partial charge in [-0.2, -0.15) is 0 Å². The lowest BCUT2D eigenvalue weighted by molar-refractivity contribution is -0.168. The zero-order valence-corrected chi connectivity index (χ0v) is 25.4. The standard InChI is InChI=1S/C34H46O6/c1-19(2)9-8-10-20(3)23-11-12-24-25-14-16-33-17-22(39-21(4)35)13-15-32(33,6)34(25)26(18-31(23,24)5)40-30(37)28(34)27(33)29(36)38-7/h12,14,19-20,22-23,26H,8-11,13,15-18H2,1-7H3/t20-,22+,23-,26+,31-,32+,33+,34-/m1/s1. The molecule has 0 N–H and O–H groups in total. The summed E-state index contributed by atoms with van der Waals surface area (Å²) in [6, 6.07) is 0. The van der Waals surface area contributed by atoms with E-state index in [1.807, 2.05) is 0 Å². The second-order valence-electron chi connectivity index (χ2n) is 14.5. The summed E-state index contributed by atoms with van der Waals surface area (Å²) in [5.41, 5.74) is 1.83. The minimum absolute atomic E-state index is 0.0753. The van der Waals surface area contributed by atoms with Crippen molar-refractivity contribution in [3.8, 4) is 0 Å². The van der Waals surface area contributed by atoms with Crippen LogP contribution in [-0.4, -0.2) is 37.2 Å². The summed E-state index contributed by atoms with van der Waals surface area (Å²) in [4.78, 5) is 39.5. The van der Waals surface area contributed by atoms with Gasteiger partial charge in [0.05, 0.1) is 23.7 Å². The van der Waals surface area contributed by atoms with Gasteiger partial charge in [-0.3, -0.25) is 4.79 Å². The average molecular weight is 551 g/mol. The summed E-state index contributed by atoms with van der Waals surface area (Å²) < 4.78 is 17.5. The van der Waals surface area contributed by atoms with Gasteiger partial charge in [-0.15, -0.1) is 0 Å². The largest absolute Gasteiger partial charge is 0.466 e. The van der Waals surface area contributed by atoms with Crippen LogP contribution < -0.4 is 0 Å². The Bertz CT molecular complexity index is 1250. The molecule has 6 rings (SSSR count). The second-order valence-corrected chi connectivity index (χ2v) is 14.5. The fourth-order valence-corrected chi connectivity index (χ4v) is 10.7. The van der Waals surface area contributed by atoms with E-state index in [4.69, 9.17) is 14.2 Å². The molecule has 6 nitrogen and oxygen atoms in total. The molecule has 1 spiro atoms. The summed E-state index contributed by atoms with van der Waals surface area (Å²) >= 11 is 0. The third-order valence-electron chi connectivity index (χ3n) is 12.4. The van der Waals surface area contributed by atoms with Gasteiger partial charge in [0, 0.05) is 12.3 Å². The molecule has 1 saturated heterocycles. The highest BCUT2D eigenvalue weighted by Crippen LogP contribution is 2.83. The van der Waals surface area contributed by atoms with E-state index in [1.165, 1.54) is 44.4 Å². The lowest BCUT2D eigenvalue weighted by atomic mass is 9.39. The molecule has 8 atom stereocenters. The number of allylic oxidation sites excluding steroid dienone is 3. The summed E-state index contributed by atoms with van der Waals surface area (Å²) in [7, 11) is 1.39. The zero-order valence-electron chi connectivity index (χ0n) is 25.4. The number of carbonyl (C=O) groups is 3. The number of hydrogen-bond donors (Lipinski definition) is 0. The van der Waals surface area contributed by atoms with Crippen LogP contribution in [0.25, 0.3) is 0 Å². The van der Waals surface area contributed by atoms with Crippen molar-refractivity contribution in [1.82, 2.24) is 0 Å². The molecule has 2 saturated carbocycles. The Morgan fingerprint density at radius 3 is 2.52 bits per heavy atom. The highest BCUT2D eigenvalue weighted by molar-refractivity contribution is 6.07. The Kier molecular flexibility index (Phi) is 6.30. The lowest BCUT2D eigenvalue weighted by Crippen LogP contribution is -2.61. The Balaban J connectivity index is 1.47.